The molecule has 0 aromatic heterocycles. The molecule has 0 spiro atoms. The van der Waals surface area contributed by atoms with Crippen LogP contribution in [0.15, 0.2) is 35.3 Å². The molecular weight excluding hydrogens is 419 g/mol. The molecule has 0 radical (unpaired) electrons. The molecule has 0 saturated carbocycles. The minimum absolute atomic E-state index is 0. The Hall–Kier alpha value is -1.51. The quantitative estimate of drug-likeness (QED) is 0.315. The van der Waals surface area contributed by atoms with E-state index in [1.54, 1.807) is 7.05 Å². The maximum absolute atomic E-state index is 11.5. The summed E-state index contributed by atoms with van der Waals surface area (Å²) in [6.45, 7) is 7.32. The van der Waals surface area contributed by atoms with E-state index in [0.717, 1.165) is 12.5 Å². The number of alkyl carbamates (subject to hydrolysis) is 1. The van der Waals surface area contributed by atoms with Gasteiger partial charge in [0.25, 0.3) is 0 Å². The summed E-state index contributed by atoms with van der Waals surface area (Å²) in [6, 6.07) is 10.2. The van der Waals surface area contributed by atoms with Crippen LogP contribution in [0.2, 0.25) is 0 Å². The van der Waals surface area contributed by atoms with Crippen molar-refractivity contribution in [3.63, 3.8) is 0 Å². The molecule has 7 heteroatoms. The number of benzene rings is 1. The second kappa shape index (κ2) is 11.1. The van der Waals surface area contributed by atoms with Crippen LogP contribution < -0.4 is 10.6 Å². The highest BCUT2D eigenvalue weighted by molar-refractivity contribution is 14.0. The molecule has 1 aromatic rings. The van der Waals surface area contributed by atoms with E-state index >= 15 is 0 Å². The fourth-order valence-electron chi connectivity index (χ4n) is 1.97. The zero-order chi connectivity index (χ0) is 17.3. The van der Waals surface area contributed by atoms with Crippen molar-refractivity contribution >= 4 is 36.0 Å². The van der Waals surface area contributed by atoms with Gasteiger partial charge in [-0.3, -0.25) is 4.99 Å². The van der Waals surface area contributed by atoms with Gasteiger partial charge in [0.05, 0.1) is 0 Å². The summed E-state index contributed by atoms with van der Waals surface area (Å²) in [5, 5.41) is 5.92. The fourth-order valence-corrected chi connectivity index (χ4v) is 1.97. The molecule has 0 saturated heterocycles. The number of nitrogens with one attached hydrogen (secondary N) is 2. The smallest absolute Gasteiger partial charge is 0.407 e. The molecule has 0 unspecified atom stereocenters. The highest BCUT2D eigenvalue weighted by Crippen LogP contribution is 2.06. The number of nitrogens with zero attached hydrogens (tertiary/aromatic N) is 2. The Morgan fingerprint density at radius 2 is 1.75 bits per heavy atom. The minimum atomic E-state index is -0.483. The average molecular weight is 448 g/mol. The van der Waals surface area contributed by atoms with Crippen molar-refractivity contribution in [2.45, 2.75) is 32.9 Å². The summed E-state index contributed by atoms with van der Waals surface area (Å²) >= 11 is 0. The molecule has 2 N–H and O–H groups in total. The van der Waals surface area contributed by atoms with Gasteiger partial charge in [-0.15, -0.1) is 24.0 Å². The maximum Gasteiger partial charge on any atom is 0.407 e. The normalized spacial score (nSPS) is 11.3. The lowest BCUT2D eigenvalue weighted by atomic mass is 10.2. The van der Waals surface area contributed by atoms with Gasteiger partial charge in [0.15, 0.2) is 5.96 Å². The summed E-state index contributed by atoms with van der Waals surface area (Å²) in [6.07, 6.45) is -0.410. The highest BCUT2D eigenvalue weighted by atomic mass is 127. The molecule has 0 atom stereocenters. The zero-order valence-corrected chi connectivity index (χ0v) is 17.5. The topological polar surface area (TPSA) is 66.0 Å². The third-order valence-corrected chi connectivity index (χ3v) is 2.91. The van der Waals surface area contributed by atoms with E-state index in [0.29, 0.717) is 13.1 Å². The number of carbonyl (C=O) groups is 1. The van der Waals surface area contributed by atoms with E-state index in [-0.39, 0.29) is 24.0 Å². The van der Waals surface area contributed by atoms with Crippen LogP contribution in [-0.2, 0) is 11.3 Å². The van der Waals surface area contributed by atoms with Gasteiger partial charge in [0.2, 0.25) is 0 Å². The highest BCUT2D eigenvalue weighted by Gasteiger charge is 2.15. The third kappa shape index (κ3) is 9.59. The lowest BCUT2D eigenvalue weighted by Crippen LogP contribution is -2.43. The summed E-state index contributed by atoms with van der Waals surface area (Å²) < 4.78 is 5.18. The summed E-state index contributed by atoms with van der Waals surface area (Å²) in [4.78, 5) is 17.8. The van der Waals surface area contributed by atoms with E-state index in [9.17, 15) is 4.79 Å². The number of carbonyl (C=O) groups excluding carboxylic acids is 1. The van der Waals surface area contributed by atoms with Gasteiger partial charge in [-0.2, -0.15) is 0 Å². The van der Waals surface area contributed by atoms with Crippen molar-refractivity contribution in [1.82, 2.24) is 15.5 Å². The van der Waals surface area contributed by atoms with E-state index in [4.69, 9.17) is 4.74 Å². The van der Waals surface area contributed by atoms with Crippen molar-refractivity contribution in [1.29, 1.82) is 0 Å². The molecule has 0 aliphatic heterocycles. The first-order chi connectivity index (χ1) is 10.8. The maximum atomic E-state index is 11.5. The lowest BCUT2D eigenvalue weighted by Gasteiger charge is -2.23. The van der Waals surface area contributed by atoms with Gasteiger partial charge in [0, 0.05) is 33.7 Å². The molecule has 0 heterocycles. The standard InChI is InChI=1S/C17H28N4O2.HI/c1-17(2,3)23-16(22)20-12-11-19-15(18-4)21(5)13-14-9-7-6-8-10-14;/h6-10H,11-13H2,1-5H3,(H,18,19)(H,20,22);1H. The van der Waals surface area contributed by atoms with Crippen LogP contribution in [0.4, 0.5) is 4.79 Å². The van der Waals surface area contributed by atoms with Crippen LogP contribution in [0.1, 0.15) is 26.3 Å². The SMILES string of the molecule is CN=C(NCCNC(=O)OC(C)(C)C)N(C)Cc1ccccc1.I. The molecular formula is C17H29IN4O2. The van der Waals surface area contributed by atoms with Crippen LogP contribution in [0, 0.1) is 0 Å². The van der Waals surface area contributed by atoms with Crippen molar-refractivity contribution in [2.24, 2.45) is 4.99 Å². The van der Waals surface area contributed by atoms with E-state index in [1.807, 2.05) is 50.9 Å². The Morgan fingerprint density at radius 1 is 1.17 bits per heavy atom. The number of guanidine groups is 1. The molecule has 24 heavy (non-hydrogen) atoms. The second-order valence-corrected chi connectivity index (χ2v) is 6.24. The van der Waals surface area contributed by atoms with E-state index < -0.39 is 11.7 Å². The Morgan fingerprint density at radius 3 is 2.29 bits per heavy atom. The van der Waals surface area contributed by atoms with Gasteiger partial charge in [-0.1, -0.05) is 30.3 Å². The Kier molecular flexibility index (Phi) is 10.4. The van der Waals surface area contributed by atoms with Crippen molar-refractivity contribution in [3.8, 4) is 0 Å². The first kappa shape index (κ1) is 22.5. The first-order valence-corrected chi connectivity index (χ1v) is 7.74. The van der Waals surface area contributed by atoms with Gasteiger partial charge < -0.3 is 20.3 Å². The molecule has 0 bridgehead atoms. The lowest BCUT2D eigenvalue weighted by molar-refractivity contribution is 0.0529. The van der Waals surface area contributed by atoms with Gasteiger partial charge in [-0.25, -0.2) is 4.79 Å². The van der Waals surface area contributed by atoms with Gasteiger partial charge in [-0.05, 0) is 26.3 Å². The van der Waals surface area contributed by atoms with E-state index in [1.165, 1.54) is 5.56 Å². The number of halogens is 1. The number of hydrogen-bond donors (Lipinski definition) is 2. The van der Waals surface area contributed by atoms with Crippen LogP contribution in [0.3, 0.4) is 0 Å². The van der Waals surface area contributed by atoms with Crippen LogP contribution in [-0.4, -0.2) is 49.7 Å². The van der Waals surface area contributed by atoms with Crippen molar-refractivity contribution in [3.05, 3.63) is 35.9 Å². The monoisotopic (exact) mass is 448 g/mol. The Bertz CT molecular complexity index is 515. The average Bonchev–Trinajstić information content (AvgIpc) is 2.46. The first-order valence-electron chi connectivity index (χ1n) is 7.74. The number of aliphatic imine (C=N–C) groups is 1. The predicted octanol–water partition coefficient (Wildman–Crippen LogP) is 2.84. The van der Waals surface area contributed by atoms with Crippen LogP contribution in [0.5, 0.6) is 0 Å². The van der Waals surface area contributed by atoms with Gasteiger partial charge >= 0.3 is 6.09 Å². The molecule has 0 aliphatic carbocycles. The summed E-state index contributed by atoms with van der Waals surface area (Å²) in [5.41, 5.74) is 0.730. The number of ether oxygens (including phenoxy) is 1. The zero-order valence-electron chi connectivity index (χ0n) is 15.1. The Labute approximate surface area is 162 Å². The molecule has 136 valence electrons. The molecule has 0 fully saturated rings. The Balaban J connectivity index is 0.00000529. The van der Waals surface area contributed by atoms with Gasteiger partial charge in [0.1, 0.15) is 5.60 Å². The third-order valence-electron chi connectivity index (χ3n) is 2.91. The van der Waals surface area contributed by atoms with Crippen molar-refractivity contribution < 1.29 is 9.53 Å². The summed E-state index contributed by atoms with van der Waals surface area (Å²) in [5.74, 6) is 0.778. The largest absolute Gasteiger partial charge is 0.444 e. The molecule has 1 aromatic carbocycles. The summed E-state index contributed by atoms with van der Waals surface area (Å²) in [7, 11) is 3.72. The predicted molar refractivity (Wildman–Crippen MR) is 109 cm³/mol. The molecule has 6 nitrogen and oxygen atoms in total. The molecule has 0 aliphatic rings. The molecule has 1 rings (SSSR count). The van der Waals surface area contributed by atoms with Crippen molar-refractivity contribution in [2.75, 3.05) is 27.2 Å². The van der Waals surface area contributed by atoms with Crippen LogP contribution >= 0.6 is 24.0 Å². The number of rotatable bonds is 5. The second-order valence-electron chi connectivity index (χ2n) is 6.24. The van der Waals surface area contributed by atoms with E-state index in [2.05, 4.69) is 27.8 Å². The molecule has 1 amide bonds. The number of amides is 1. The fraction of sp³-hybridized carbons (Fsp3) is 0.529. The van der Waals surface area contributed by atoms with Crippen LogP contribution in [0.25, 0.3) is 0 Å². The minimum Gasteiger partial charge on any atom is -0.444 e. The number of hydrogen-bond acceptors (Lipinski definition) is 3.